The number of hydrogen-bond acceptors (Lipinski definition) is 1. The lowest BCUT2D eigenvalue weighted by Crippen LogP contribution is -2.06. The van der Waals surface area contributed by atoms with Crippen molar-refractivity contribution in [3.8, 4) is 0 Å². The van der Waals surface area contributed by atoms with Crippen LogP contribution >= 0.6 is 0 Å². The zero-order valence-electron chi connectivity index (χ0n) is 8.84. The molecule has 0 aliphatic rings. The smallest absolute Gasteiger partial charge is 0.0514 e. The highest BCUT2D eigenvalue weighted by Crippen LogP contribution is 2.15. The van der Waals surface area contributed by atoms with Gasteiger partial charge in [-0.25, -0.2) is 0 Å². The number of hydrogen-bond donors (Lipinski definition) is 1. The van der Waals surface area contributed by atoms with Crippen LogP contribution in [-0.4, -0.2) is 11.2 Å². The molecule has 0 amide bonds. The Kier molecular flexibility index (Phi) is 7.58. The Hall–Kier alpha value is -0.0400. The number of aliphatic hydroxyl groups is 1. The monoisotopic (exact) mass is 172 g/mol. The zero-order valence-corrected chi connectivity index (χ0v) is 8.84. The molecule has 0 aliphatic heterocycles. The summed E-state index contributed by atoms with van der Waals surface area (Å²) < 4.78 is 0. The minimum absolute atomic E-state index is 0.119. The first kappa shape index (κ1) is 12.0. The zero-order chi connectivity index (χ0) is 9.40. The van der Waals surface area contributed by atoms with Crippen LogP contribution in [0.1, 0.15) is 59.3 Å². The number of rotatable bonds is 7. The van der Waals surface area contributed by atoms with Crippen molar-refractivity contribution >= 4 is 0 Å². The quantitative estimate of drug-likeness (QED) is 0.584. The third-order valence-corrected chi connectivity index (χ3v) is 2.29. The van der Waals surface area contributed by atoms with Gasteiger partial charge in [0.2, 0.25) is 0 Å². The van der Waals surface area contributed by atoms with Gasteiger partial charge in [0.25, 0.3) is 0 Å². The maximum Gasteiger partial charge on any atom is 0.0514 e. The first-order chi connectivity index (χ1) is 5.66. The minimum atomic E-state index is -0.119. The summed E-state index contributed by atoms with van der Waals surface area (Å²) in [6, 6.07) is 0. The molecule has 1 N–H and O–H groups in total. The van der Waals surface area contributed by atoms with E-state index in [0.29, 0.717) is 5.92 Å². The molecule has 1 heteroatoms. The standard InChI is InChI=1S/C11H24O/c1-4-5-6-7-8-10(2)9-11(3)12/h10-12H,4-9H2,1-3H3/t10?,11-/m0/s1. The lowest BCUT2D eigenvalue weighted by Gasteiger charge is -2.12. The van der Waals surface area contributed by atoms with Gasteiger partial charge in [0, 0.05) is 0 Å². The second kappa shape index (κ2) is 7.60. The summed E-state index contributed by atoms with van der Waals surface area (Å²) in [5.41, 5.74) is 0. The van der Waals surface area contributed by atoms with E-state index in [0.717, 1.165) is 6.42 Å². The SMILES string of the molecule is CCCCCCC(C)C[C@H](C)O. The molecule has 1 unspecified atom stereocenters. The maximum atomic E-state index is 9.13. The first-order valence-electron chi connectivity index (χ1n) is 5.34. The predicted molar refractivity (Wildman–Crippen MR) is 54.2 cm³/mol. The summed E-state index contributed by atoms with van der Waals surface area (Å²) in [4.78, 5) is 0. The molecular weight excluding hydrogens is 148 g/mol. The fourth-order valence-electron chi connectivity index (χ4n) is 1.62. The Morgan fingerprint density at radius 1 is 1.08 bits per heavy atom. The van der Waals surface area contributed by atoms with Crippen molar-refractivity contribution in [1.82, 2.24) is 0 Å². The Morgan fingerprint density at radius 3 is 2.25 bits per heavy atom. The van der Waals surface area contributed by atoms with E-state index in [9.17, 15) is 0 Å². The number of unbranched alkanes of at least 4 members (excludes halogenated alkanes) is 3. The Morgan fingerprint density at radius 2 is 1.75 bits per heavy atom. The van der Waals surface area contributed by atoms with Gasteiger partial charge in [-0.15, -0.1) is 0 Å². The summed E-state index contributed by atoms with van der Waals surface area (Å²) in [6.07, 6.45) is 7.50. The van der Waals surface area contributed by atoms with E-state index in [1.165, 1.54) is 32.1 Å². The van der Waals surface area contributed by atoms with Crippen LogP contribution in [0.15, 0.2) is 0 Å². The van der Waals surface area contributed by atoms with Crippen LogP contribution in [0.25, 0.3) is 0 Å². The number of aliphatic hydroxyl groups excluding tert-OH is 1. The van der Waals surface area contributed by atoms with Gasteiger partial charge in [0.05, 0.1) is 6.10 Å². The third kappa shape index (κ3) is 8.06. The molecule has 2 atom stereocenters. The molecule has 0 aromatic carbocycles. The lowest BCUT2D eigenvalue weighted by molar-refractivity contribution is 0.161. The molecule has 0 aromatic rings. The highest BCUT2D eigenvalue weighted by atomic mass is 16.3. The van der Waals surface area contributed by atoms with Gasteiger partial charge in [-0.2, -0.15) is 0 Å². The van der Waals surface area contributed by atoms with Crippen molar-refractivity contribution < 1.29 is 5.11 Å². The molecule has 0 rings (SSSR count). The van der Waals surface area contributed by atoms with Gasteiger partial charge in [-0.1, -0.05) is 46.0 Å². The Labute approximate surface area is 77.2 Å². The third-order valence-electron chi connectivity index (χ3n) is 2.29. The molecule has 0 saturated heterocycles. The fourth-order valence-corrected chi connectivity index (χ4v) is 1.62. The molecule has 0 fully saturated rings. The molecule has 12 heavy (non-hydrogen) atoms. The average Bonchev–Trinajstić information content (AvgIpc) is 1.97. The summed E-state index contributed by atoms with van der Waals surface area (Å²) in [7, 11) is 0. The van der Waals surface area contributed by atoms with Crippen molar-refractivity contribution in [3.05, 3.63) is 0 Å². The van der Waals surface area contributed by atoms with Crippen molar-refractivity contribution in [3.63, 3.8) is 0 Å². The molecule has 0 bridgehead atoms. The summed E-state index contributed by atoms with van der Waals surface area (Å²) in [5.74, 6) is 0.696. The van der Waals surface area contributed by atoms with Gasteiger partial charge in [-0.3, -0.25) is 0 Å². The van der Waals surface area contributed by atoms with Gasteiger partial charge in [-0.05, 0) is 19.3 Å². The van der Waals surface area contributed by atoms with Crippen molar-refractivity contribution in [2.45, 2.75) is 65.4 Å². The summed E-state index contributed by atoms with van der Waals surface area (Å²) in [5, 5.41) is 9.13. The van der Waals surface area contributed by atoms with Crippen LogP contribution < -0.4 is 0 Å². The molecule has 74 valence electrons. The van der Waals surface area contributed by atoms with E-state index in [-0.39, 0.29) is 6.10 Å². The molecule has 0 radical (unpaired) electrons. The van der Waals surface area contributed by atoms with E-state index in [1.54, 1.807) is 0 Å². The van der Waals surface area contributed by atoms with Gasteiger partial charge in [0.1, 0.15) is 0 Å². The first-order valence-corrected chi connectivity index (χ1v) is 5.34. The van der Waals surface area contributed by atoms with E-state index in [2.05, 4.69) is 13.8 Å². The minimum Gasteiger partial charge on any atom is -0.393 e. The van der Waals surface area contributed by atoms with E-state index in [1.807, 2.05) is 6.92 Å². The van der Waals surface area contributed by atoms with Gasteiger partial charge >= 0.3 is 0 Å². The maximum absolute atomic E-state index is 9.13. The molecule has 0 spiro atoms. The molecule has 1 nitrogen and oxygen atoms in total. The predicted octanol–water partition coefficient (Wildman–Crippen LogP) is 3.36. The Balaban J connectivity index is 3.14. The molecule has 0 aromatic heterocycles. The molecular formula is C11H24O. The fraction of sp³-hybridized carbons (Fsp3) is 1.00. The topological polar surface area (TPSA) is 20.2 Å². The largest absolute Gasteiger partial charge is 0.393 e. The van der Waals surface area contributed by atoms with Crippen LogP contribution in [0.2, 0.25) is 0 Å². The van der Waals surface area contributed by atoms with Crippen LogP contribution in [0.4, 0.5) is 0 Å². The van der Waals surface area contributed by atoms with E-state index < -0.39 is 0 Å². The van der Waals surface area contributed by atoms with Gasteiger partial charge in [0.15, 0.2) is 0 Å². The van der Waals surface area contributed by atoms with Gasteiger partial charge < -0.3 is 5.11 Å². The highest BCUT2D eigenvalue weighted by molar-refractivity contribution is 4.57. The summed E-state index contributed by atoms with van der Waals surface area (Å²) >= 11 is 0. The second-order valence-electron chi connectivity index (χ2n) is 4.04. The Bertz CT molecular complexity index is 89.0. The molecule has 0 saturated carbocycles. The highest BCUT2D eigenvalue weighted by Gasteiger charge is 2.04. The molecule has 0 aliphatic carbocycles. The van der Waals surface area contributed by atoms with E-state index in [4.69, 9.17) is 5.11 Å². The van der Waals surface area contributed by atoms with Crippen molar-refractivity contribution in [2.75, 3.05) is 0 Å². The van der Waals surface area contributed by atoms with Crippen LogP contribution in [0.3, 0.4) is 0 Å². The summed E-state index contributed by atoms with van der Waals surface area (Å²) in [6.45, 7) is 6.35. The normalized spacial score (nSPS) is 16.0. The van der Waals surface area contributed by atoms with Crippen molar-refractivity contribution in [2.24, 2.45) is 5.92 Å². The average molecular weight is 172 g/mol. The lowest BCUT2D eigenvalue weighted by atomic mass is 9.97. The van der Waals surface area contributed by atoms with Crippen LogP contribution in [-0.2, 0) is 0 Å². The van der Waals surface area contributed by atoms with E-state index >= 15 is 0 Å². The second-order valence-corrected chi connectivity index (χ2v) is 4.04. The molecule has 0 heterocycles. The van der Waals surface area contributed by atoms with Crippen LogP contribution in [0, 0.1) is 5.92 Å². The van der Waals surface area contributed by atoms with Crippen LogP contribution in [0.5, 0.6) is 0 Å². The van der Waals surface area contributed by atoms with Crippen molar-refractivity contribution in [1.29, 1.82) is 0 Å².